The zero-order valence-electron chi connectivity index (χ0n) is 6.01. The molecular formula is C9H14. The summed E-state index contributed by atoms with van der Waals surface area (Å²) >= 11 is 0. The Hall–Kier alpha value is -0.520. The summed E-state index contributed by atoms with van der Waals surface area (Å²) in [5.74, 6) is 0.833. The van der Waals surface area contributed by atoms with Gasteiger partial charge in [0, 0.05) is 0 Å². The van der Waals surface area contributed by atoms with Crippen LogP contribution in [0.4, 0.5) is 0 Å². The first kappa shape index (κ1) is 6.60. The van der Waals surface area contributed by atoms with Crippen molar-refractivity contribution in [2.45, 2.75) is 26.2 Å². The highest BCUT2D eigenvalue weighted by Crippen LogP contribution is 2.16. The van der Waals surface area contributed by atoms with Crippen molar-refractivity contribution in [3.63, 3.8) is 0 Å². The minimum atomic E-state index is 0.833. The molecule has 0 radical (unpaired) electrons. The van der Waals surface area contributed by atoms with Crippen LogP contribution >= 0.6 is 0 Å². The molecule has 0 aromatic carbocycles. The van der Waals surface area contributed by atoms with Crippen LogP contribution in [0, 0.1) is 5.92 Å². The van der Waals surface area contributed by atoms with E-state index in [0.29, 0.717) is 0 Å². The van der Waals surface area contributed by atoms with Crippen LogP contribution in [-0.2, 0) is 0 Å². The third-order valence-electron chi connectivity index (χ3n) is 1.73. The molecule has 0 aromatic heterocycles. The van der Waals surface area contributed by atoms with E-state index in [1.54, 1.807) is 0 Å². The first-order valence-electron chi connectivity index (χ1n) is 3.77. The fourth-order valence-electron chi connectivity index (χ4n) is 1.22. The lowest BCUT2D eigenvalue weighted by molar-refractivity contribution is 0.584. The highest BCUT2D eigenvalue weighted by Gasteiger charge is 2.01. The number of allylic oxidation sites excluding steroid dienone is 4. The molecule has 0 spiro atoms. The van der Waals surface area contributed by atoms with Crippen LogP contribution in [-0.4, -0.2) is 0 Å². The molecule has 0 saturated carbocycles. The summed E-state index contributed by atoms with van der Waals surface area (Å²) in [7, 11) is 0. The molecule has 1 rings (SSSR count). The molecule has 50 valence electrons. The largest absolute Gasteiger partial charge is 0.0840 e. The van der Waals surface area contributed by atoms with Gasteiger partial charge in [0.25, 0.3) is 0 Å². The monoisotopic (exact) mass is 122 g/mol. The average Bonchev–Trinajstić information content (AvgIpc) is 1.91. The average molecular weight is 122 g/mol. The van der Waals surface area contributed by atoms with Crippen LogP contribution in [0.2, 0.25) is 0 Å². The van der Waals surface area contributed by atoms with E-state index in [4.69, 9.17) is 0 Å². The lowest BCUT2D eigenvalue weighted by atomic mass is 9.96. The van der Waals surface area contributed by atoms with E-state index in [-0.39, 0.29) is 0 Å². The van der Waals surface area contributed by atoms with Crippen molar-refractivity contribution < 1.29 is 0 Å². The molecule has 0 heteroatoms. The molecule has 0 aliphatic heterocycles. The van der Waals surface area contributed by atoms with Gasteiger partial charge in [-0.15, -0.1) is 0 Å². The summed E-state index contributed by atoms with van der Waals surface area (Å²) in [6.07, 6.45) is 12.8. The Bertz CT molecular complexity index is 120. The molecule has 0 fully saturated rings. The second-order valence-electron chi connectivity index (χ2n) is 2.60. The molecule has 0 N–H and O–H groups in total. The highest BCUT2D eigenvalue weighted by molar-refractivity contribution is 5.10. The van der Waals surface area contributed by atoms with Gasteiger partial charge in [0.2, 0.25) is 0 Å². The minimum absolute atomic E-state index is 0.833. The Balaban J connectivity index is 2.28. The molecule has 0 bridgehead atoms. The predicted octanol–water partition coefficient (Wildman–Crippen LogP) is 2.92. The van der Waals surface area contributed by atoms with Crippen molar-refractivity contribution in [1.82, 2.24) is 0 Å². The molecule has 0 aromatic rings. The van der Waals surface area contributed by atoms with Gasteiger partial charge in [-0.25, -0.2) is 0 Å². The van der Waals surface area contributed by atoms with E-state index in [0.717, 1.165) is 5.92 Å². The fraction of sp³-hybridized carbons (Fsp3) is 0.556. The lowest BCUT2D eigenvalue weighted by Gasteiger charge is -2.09. The van der Waals surface area contributed by atoms with Crippen molar-refractivity contribution >= 4 is 0 Å². The summed E-state index contributed by atoms with van der Waals surface area (Å²) in [6, 6.07) is 0. The molecule has 1 aliphatic rings. The van der Waals surface area contributed by atoms with Crippen molar-refractivity contribution in [1.29, 1.82) is 0 Å². The molecule has 0 nitrogen and oxygen atoms in total. The lowest BCUT2D eigenvalue weighted by Crippen LogP contribution is -1.95. The van der Waals surface area contributed by atoms with Crippen molar-refractivity contribution in [3.8, 4) is 0 Å². The van der Waals surface area contributed by atoms with E-state index in [1.165, 1.54) is 19.3 Å². The van der Waals surface area contributed by atoms with Gasteiger partial charge in [-0.05, 0) is 18.8 Å². The number of hydrogen-bond donors (Lipinski definition) is 0. The van der Waals surface area contributed by atoms with Crippen molar-refractivity contribution in [2.24, 2.45) is 5.92 Å². The van der Waals surface area contributed by atoms with E-state index in [2.05, 4.69) is 31.2 Å². The summed E-state index contributed by atoms with van der Waals surface area (Å²) in [6.45, 7) is 2.24. The summed E-state index contributed by atoms with van der Waals surface area (Å²) in [4.78, 5) is 0. The van der Waals surface area contributed by atoms with Gasteiger partial charge in [0.15, 0.2) is 0 Å². The Morgan fingerprint density at radius 2 is 2.33 bits per heavy atom. The van der Waals surface area contributed by atoms with Gasteiger partial charge < -0.3 is 0 Å². The molecule has 9 heavy (non-hydrogen) atoms. The molecule has 1 aliphatic carbocycles. The molecule has 1 unspecified atom stereocenters. The standard InChI is InChI=1S/C9H14/c1-2-6-9-7-4-3-5-8-9/h3-5,7,9H,2,6,8H2,1H3. The van der Waals surface area contributed by atoms with E-state index < -0.39 is 0 Å². The topological polar surface area (TPSA) is 0 Å². The highest BCUT2D eigenvalue weighted by atomic mass is 14.1. The molecule has 0 heterocycles. The van der Waals surface area contributed by atoms with Crippen LogP contribution in [0.5, 0.6) is 0 Å². The fourth-order valence-corrected chi connectivity index (χ4v) is 1.22. The van der Waals surface area contributed by atoms with Gasteiger partial charge in [0.05, 0.1) is 0 Å². The Morgan fingerprint density at radius 1 is 1.44 bits per heavy atom. The Labute approximate surface area is 57.3 Å². The third kappa shape index (κ3) is 2.05. The molecule has 0 saturated heterocycles. The summed E-state index contributed by atoms with van der Waals surface area (Å²) in [5.41, 5.74) is 0. The van der Waals surface area contributed by atoms with E-state index in [9.17, 15) is 0 Å². The predicted molar refractivity (Wildman–Crippen MR) is 41.3 cm³/mol. The zero-order chi connectivity index (χ0) is 6.53. The maximum absolute atomic E-state index is 2.31. The molecule has 0 amide bonds. The second kappa shape index (κ2) is 3.49. The van der Waals surface area contributed by atoms with Gasteiger partial charge in [-0.1, -0.05) is 37.6 Å². The quantitative estimate of drug-likeness (QED) is 0.528. The Morgan fingerprint density at radius 3 is 2.89 bits per heavy atom. The van der Waals surface area contributed by atoms with Gasteiger partial charge in [-0.3, -0.25) is 0 Å². The third-order valence-corrected chi connectivity index (χ3v) is 1.73. The van der Waals surface area contributed by atoms with Crippen LogP contribution < -0.4 is 0 Å². The van der Waals surface area contributed by atoms with Crippen LogP contribution in [0.15, 0.2) is 24.3 Å². The summed E-state index contributed by atoms with van der Waals surface area (Å²) < 4.78 is 0. The first-order chi connectivity index (χ1) is 4.43. The maximum Gasteiger partial charge on any atom is -0.0196 e. The number of hydrogen-bond acceptors (Lipinski definition) is 0. The second-order valence-corrected chi connectivity index (χ2v) is 2.60. The van der Waals surface area contributed by atoms with Gasteiger partial charge >= 0.3 is 0 Å². The SMILES string of the molecule is CCCC1C=CC=CC1. The van der Waals surface area contributed by atoms with Crippen LogP contribution in [0.1, 0.15) is 26.2 Å². The van der Waals surface area contributed by atoms with E-state index in [1.807, 2.05) is 0 Å². The van der Waals surface area contributed by atoms with Crippen LogP contribution in [0.3, 0.4) is 0 Å². The molecule has 1 atom stereocenters. The molecular weight excluding hydrogens is 108 g/mol. The summed E-state index contributed by atoms with van der Waals surface area (Å²) in [5, 5.41) is 0. The minimum Gasteiger partial charge on any atom is -0.0840 e. The van der Waals surface area contributed by atoms with E-state index >= 15 is 0 Å². The van der Waals surface area contributed by atoms with Crippen molar-refractivity contribution in [2.75, 3.05) is 0 Å². The smallest absolute Gasteiger partial charge is 0.0196 e. The normalized spacial score (nSPS) is 24.8. The maximum atomic E-state index is 2.31. The van der Waals surface area contributed by atoms with Gasteiger partial charge in [0.1, 0.15) is 0 Å². The van der Waals surface area contributed by atoms with Crippen molar-refractivity contribution in [3.05, 3.63) is 24.3 Å². The van der Waals surface area contributed by atoms with Crippen LogP contribution in [0.25, 0.3) is 0 Å². The zero-order valence-corrected chi connectivity index (χ0v) is 6.01. The first-order valence-corrected chi connectivity index (χ1v) is 3.77. The van der Waals surface area contributed by atoms with Gasteiger partial charge in [-0.2, -0.15) is 0 Å². The number of rotatable bonds is 2. The Kier molecular flexibility index (Phi) is 2.56.